The molecular formula is C15H21F2NS. The van der Waals surface area contributed by atoms with Gasteiger partial charge in [0.1, 0.15) is 0 Å². The molecule has 4 heteroatoms. The molecule has 0 aliphatic heterocycles. The normalized spacial score (nSPS) is 18.1. The van der Waals surface area contributed by atoms with Gasteiger partial charge in [0.2, 0.25) is 0 Å². The zero-order chi connectivity index (χ0) is 13.5. The molecule has 1 aromatic carbocycles. The molecule has 0 radical (unpaired) electrons. The van der Waals surface area contributed by atoms with Gasteiger partial charge in [-0.3, -0.25) is 0 Å². The molecule has 0 bridgehead atoms. The Labute approximate surface area is 118 Å². The maximum Gasteiger partial charge on any atom is 0.288 e. The Hall–Kier alpha value is -0.770. The molecule has 0 heterocycles. The Morgan fingerprint density at radius 1 is 0.947 bits per heavy atom. The zero-order valence-electron chi connectivity index (χ0n) is 11.1. The molecule has 1 fully saturated rings. The van der Waals surface area contributed by atoms with E-state index in [1.165, 1.54) is 44.9 Å². The molecule has 2 rings (SSSR count). The quantitative estimate of drug-likeness (QED) is 0.730. The third-order valence-corrected chi connectivity index (χ3v) is 4.28. The Kier molecular flexibility index (Phi) is 5.95. The first-order valence-corrected chi connectivity index (χ1v) is 7.93. The Morgan fingerprint density at radius 2 is 1.53 bits per heavy atom. The number of nitrogens with one attached hydrogen (secondary N) is 1. The highest BCUT2D eigenvalue weighted by Gasteiger charge is 2.11. The smallest absolute Gasteiger partial charge is 0.288 e. The molecule has 1 saturated carbocycles. The lowest BCUT2D eigenvalue weighted by atomic mass is 9.96. The van der Waals surface area contributed by atoms with Crippen LogP contribution < -0.4 is 5.32 Å². The highest BCUT2D eigenvalue weighted by atomic mass is 32.2. The van der Waals surface area contributed by atoms with E-state index >= 15 is 0 Å². The Morgan fingerprint density at radius 3 is 2.11 bits per heavy atom. The highest BCUT2D eigenvalue weighted by Crippen LogP contribution is 2.27. The number of hydrogen-bond acceptors (Lipinski definition) is 2. The standard InChI is InChI=1S/C15H21F2NS/c16-15(17)19-14-10-8-13(9-11-14)18-12-6-4-2-1-3-5-7-12/h8-12,15,18H,1-7H2. The van der Waals surface area contributed by atoms with Crippen molar-refractivity contribution >= 4 is 17.4 Å². The van der Waals surface area contributed by atoms with Crippen LogP contribution in [0.3, 0.4) is 0 Å². The highest BCUT2D eigenvalue weighted by molar-refractivity contribution is 7.99. The molecule has 1 nitrogen and oxygen atoms in total. The molecule has 1 aliphatic carbocycles. The first kappa shape index (κ1) is 14.6. The lowest BCUT2D eigenvalue weighted by Crippen LogP contribution is -2.20. The van der Waals surface area contributed by atoms with E-state index in [2.05, 4.69) is 5.32 Å². The summed E-state index contributed by atoms with van der Waals surface area (Å²) in [6.45, 7) is 0. The van der Waals surface area contributed by atoms with Gasteiger partial charge in [-0.25, -0.2) is 0 Å². The summed E-state index contributed by atoms with van der Waals surface area (Å²) in [5, 5.41) is 3.53. The van der Waals surface area contributed by atoms with E-state index in [-0.39, 0.29) is 0 Å². The van der Waals surface area contributed by atoms with Crippen LogP contribution in [0.1, 0.15) is 44.9 Å². The van der Waals surface area contributed by atoms with Gasteiger partial charge in [0.25, 0.3) is 5.76 Å². The maximum absolute atomic E-state index is 12.2. The Bertz CT molecular complexity index is 359. The van der Waals surface area contributed by atoms with E-state index in [4.69, 9.17) is 0 Å². The number of alkyl halides is 2. The van der Waals surface area contributed by atoms with Gasteiger partial charge in [-0.2, -0.15) is 8.78 Å². The van der Waals surface area contributed by atoms with Gasteiger partial charge in [0.15, 0.2) is 0 Å². The first-order valence-electron chi connectivity index (χ1n) is 7.05. The van der Waals surface area contributed by atoms with Crippen molar-refractivity contribution in [1.82, 2.24) is 0 Å². The molecule has 0 amide bonds. The average molecular weight is 285 g/mol. The van der Waals surface area contributed by atoms with Crippen molar-refractivity contribution in [1.29, 1.82) is 0 Å². The van der Waals surface area contributed by atoms with Crippen LogP contribution in [0.25, 0.3) is 0 Å². The van der Waals surface area contributed by atoms with E-state index in [9.17, 15) is 8.78 Å². The van der Waals surface area contributed by atoms with Gasteiger partial charge in [0, 0.05) is 16.6 Å². The average Bonchev–Trinajstić information content (AvgIpc) is 2.34. The van der Waals surface area contributed by atoms with Gasteiger partial charge >= 0.3 is 0 Å². The zero-order valence-corrected chi connectivity index (χ0v) is 11.9. The first-order chi connectivity index (χ1) is 9.24. The Balaban J connectivity index is 1.87. The molecular weight excluding hydrogens is 264 g/mol. The van der Waals surface area contributed by atoms with Gasteiger partial charge in [0.05, 0.1) is 0 Å². The topological polar surface area (TPSA) is 12.0 Å². The fourth-order valence-electron chi connectivity index (χ4n) is 2.57. The van der Waals surface area contributed by atoms with Gasteiger partial charge in [-0.05, 0) is 37.1 Å². The minimum absolute atomic E-state index is 0.536. The van der Waals surface area contributed by atoms with Crippen LogP contribution >= 0.6 is 11.8 Å². The molecule has 1 N–H and O–H groups in total. The second kappa shape index (κ2) is 7.73. The molecule has 1 aliphatic rings. The van der Waals surface area contributed by atoms with E-state index < -0.39 is 5.76 Å². The number of benzene rings is 1. The van der Waals surface area contributed by atoms with Crippen molar-refractivity contribution < 1.29 is 8.78 Å². The number of hydrogen-bond donors (Lipinski definition) is 1. The molecule has 106 valence electrons. The number of anilines is 1. The maximum atomic E-state index is 12.2. The lowest BCUT2D eigenvalue weighted by Gasteiger charge is -2.22. The summed E-state index contributed by atoms with van der Waals surface area (Å²) in [4.78, 5) is 0.623. The van der Waals surface area contributed by atoms with Crippen LogP contribution in [0, 0.1) is 0 Å². The van der Waals surface area contributed by atoms with Crippen LogP contribution in [0.2, 0.25) is 0 Å². The predicted octanol–water partition coefficient (Wildman–Crippen LogP) is 5.53. The summed E-state index contributed by atoms with van der Waals surface area (Å²) in [5.74, 6) is -2.34. The summed E-state index contributed by atoms with van der Waals surface area (Å²) >= 11 is 0.598. The van der Waals surface area contributed by atoms with E-state index in [0.29, 0.717) is 22.7 Å². The number of thioether (sulfide) groups is 1. The van der Waals surface area contributed by atoms with Crippen LogP contribution in [-0.2, 0) is 0 Å². The predicted molar refractivity (Wildman–Crippen MR) is 78.0 cm³/mol. The molecule has 0 atom stereocenters. The summed E-state index contributed by atoms with van der Waals surface area (Å²) in [6.07, 6.45) is 9.05. The third-order valence-electron chi connectivity index (χ3n) is 3.56. The number of rotatable bonds is 4. The molecule has 0 saturated heterocycles. The second-order valence-corrected chi connectivity index (χ2v) is 6.15. The van der Waals surface area contributed by atoms with Gasteiger partial charge in [-0.1, -0.05) is 43.9 Å². The summed E-state index contributed by atoms with van der Waals surface area (Å²) < 4.78 is 24.4. The van der Waals surface area contributed by atoms with Crippen molar-refractivity contribution in [3.63, 3.8) is 0 Å². The molecule has 19 heavy (non-hydrogen) atoms. The summed E-state index contributed by atoms with van der Waals surface area (Å²) in [7, 11) is 0. The molecule has 0 unspecified atom stereocenters. The summed E-state index contributed by atoms with van der Waals surface area (Å²) in [5.41, 5.74) is 1.05. The number of halogens is 2. The van der Waals surface area contributed by atoms with E-state index in [1.807, 2.05) is 12.1 Å². The summed E-state index contributed by atoms with van der Waals surface area (Å²) in [6, 6.07) is 7.88. The van der Waals surface area contributed by atoms with Crippen molar-refractivity contribution in [3.8, 4) is 0 Å². The molecule has 0 aromatic heterocycles. The van der Waals surface area contributed by atoms with Crippen LogP contribution in [-0.4, -0.2) is 11.8 Å². The SMILES string of the molecule is FC(F)Sc1ccc(NC2CCCCCCC2)cc1. The molecule has 0 spiro atoms. The minimum atomic E-state index is -2.34. The van der Waals surface area contributed by atoms with Crippen molar-refractivity contribution in [2.45, 2.75) is 61.6 Å². The van der Waals surface area contributed by atoms with Crippen LogP contribution in [0.4, 0.5) is 14.5 Å². The molecule has 1 aromatic rings. The fourth-order valence-corrected chi connectivity index (χ4v) is 3.07. The van der Waals surface area contributed by atoms with Gasteiger partial charge in [-0.15, -0.1) is 0 Å². The van der Waals surface area contributed by atoms with Crippen molar-refractivity contribution in [2.75, 3.05) is 5.32 Å². The van der Waals surface area contributed by atoms with Gasteiger partial charge < -0.3 is 5.32 Å². The van der Waals surface area contributed by atoms with Crippen LogP contribution in [0.15, 0.2) is 29.2 Å². The largest absolute Gasteiger partial charge is 0.382 e. The van der Waals surface area contributed by atoms with Crippen molar-refractivity contribution in [3.05, 3.63) is 24.3 Å². The van der Waals surface area contributed by atoms with E-state index in [1.54, 1.807) is 12.1 Å². The fraction of sp³-hybridized carbons (Fsp3) is 0.600. The van der Waals surface area contributed by atoms with Crippen LogP contribution in [0.5, 0.6) is 0 Å². The van der Waals surface area contributed by atoms with Crippen molar-refractivity contribution in [2.24, 2.45) is 0 Å². The van der Waals surface area contributed by atoms with E-state index in [0.717, 1.165) is 5.69 Å². The second-order valence-electron chi connectivity index (χ2n) is 5.09. The monoisotopic (exact) mass is 285 g/mol. The minimum Gasteiger partial charge on any atom is -0.382 e. The third kappa shape index (κ3) is 5.39. The lowest BCUT2D eigenvalue weighted by molar-refractivity contribution is 0.252.